The zero-order valence-corrected chi connectivity index (χ0v) is 17.8. The Morgan fingerprint density at radius 1 is 0.875 bits per heavy atom. The number of hydrogen-bond donors (Lipinski definition) is 2. The second-order valence-electron chi connectivity index (χ2n) is 7.42. The van der Waals surface area contributed by atoms with E-state index in [1.807, 2.05) is 24.3 Å². The fourth-order valence-electron chi connectivity index (χ4n) is 3.56. The summed E-state index contributed by atoms with van der Waals surface area (Å²) in [5.41, 5.74) is 2.21. The first kappa shape index (κ1) is 21.8. The second-order valence-corrected chi connectivity index (χ2v) is 9.11. The molecule has 0 bridgehead atoms. The number of nitrogens with one attached hydrogen (secondary N) is 2. The number of benzene rings is 3. The number of rotatable bonds is 6. The fraction of sp³-hybridized carbons (Fsp3) is 0.174. The molecule has 1 saturated heterocycles. The topological polar surface area (TPSA) is 78.5 Å². The molecule has 3 aromatic carbocycles. The van der Waals surface area contributed by atoms with Crippen molar-refractivity contribution < 1.29 is 22.0 Å². The van der Waals surface area contributed by atoms with Gasteiger partial charge in [0.25, 0.3) is 15.9 Å². The van der Waals surface area contributed by atoms with Gasteiger partial charge < -0.3 is 10.2 Å². The van der Waals surface area contributed by atoms with Crippen LogP contribution in [-0.4, -0.2) is 27.4 Å². The van der Waals surface area contributed by atoms with Crippen molar-refractivity contribution in [2.45, 2.75) is 17.7 Å². The predicted octanol–water partition coefficient (Wildman–Crippen LogP) is 4.62. The molecule has 1 fully saturated rings. The lowest BCUT2D eigenvalue weighted by atomic mass is 10.2. The Hall–Kier alpha value is -3.46. The quantitative estimate of drug-likeness (QED) is 0.566. The molecule has 1 amide bonds. The molecule has 2 N–H and O–H groups in total. The van der Waals surface area contributed by atoms with Gasteiger partial charge in [-0.2, -0.15) is 0 Å². The van der Waals surface area contributed by atoms with Crippen LogP contribution in [0.25, 0.3) is 0 Å². The zero-order valence-electron chi connectivity index (χ0n) is 17.0. The molecule has 1 aliphatic heterocycles. The third kappa shape index (κ3) is 4.72. The van der Waals surface area contributed by atoms with Crippen LogP contribution in [-0.2, 0) is 10.0 Å². The number of amides is 1. The maximum absolute atomic E-state index is 13.4. The lowest BCUT2D eigenvalue weighted by molar-refractivity contribution is 0.102. The Labute approximate surface area is 184 Å². The van der Waals surface area contributed by atoms with E-state index in [1.54, 1.807) is 0 Å². The Kier molecular flexibility index (Phi) is 6.09. The number of anilines is 3. The van der Waals surface area contributed by atoms with Crippen molar-refractivity contribution in [1.82, 2.24) is 0 Å². The predicted molar refractivity (Wildman–Crippen MR) is 119 cm³/mol. The van der Waals surface area contributed by atoms with Gasteiger partial charge in [0.05, 0.1) is 16.3 Å². The van der Waals surface area contributed by atoms with Gasteiger partial charge in [0, 0.05) is 24.3 Å². The number of sulfonamides is 1. The molecule has 0 aromatic heterocycles. The first-order valence-electron chi connectivity index (χ1n) is 10.1. The van der Waals surface area contributed by atoms with Gasteiger partial charge in [-0.3, -0.25) is 9.52 Å². The molecule has 32 heavy (non-hydrogen) atoms. The van der Waals surface area contributed by atoms with E-state index >= 15 is 0 Å². The minimum Gasteiger partial charge on any atom is -0.370 e. The summed E-state index contributed by atoms with van der Waals surface area (Å²) in [5.74, 6) is -2.72. The Morgan fingerprint density at radius 3 is 2.25 bits per heavy atom. The Balaban J connectivity index is 1.47. The highest BCUT2D eigenvalue weighted by Crippen LogP contribution is 2.29. The molecular weight excluding hydrogens is 436 g/mol. The lowest BCUT2D eigenvalue weighted by Gasteiger charge is -2.21. The van der Waals surface area contributed by atoms with Crippen LogP contribution < -0.4 is 14.9 Å². The summed E-state index contributed by atoms with van der Waals surface area (Å²) >= 11 is 0. The monoisotopic (exact) mass is 457 g/mol. The van der Waals surface area contributed by atoms with Crippen LogP contribution in [0.1, 0.15) is 23.2 Å². The second kappa shape index (κ2) is 8.96. The third-order valence-corrected chi connectivity index (χ3v) is 6.58. The SMILES string of the molecule is O=C(Nc1ccccc1N1CCCC1)c1ccc(NS(=O)(=O)c2ccc(F)c(F)c2)cc1. The maximum Gasteiger partial charge on any atom is 0.261 e. The van der Waals surface area contributed by atoms with E-state index in [9.17, 15) is 22.0 Å². The number of carbonyl (C=O) groups excluding carboxylic acids is 1. The van der Waals surface area contributed by atoms with Gasteiger partial charge in [0.15, 0.2) is 11.6 Å². The van der Waals surface area contributed by atoms with Crippen molar-refractivity contribution in [3.8, 4) is 0 Å². The summed E-state index contributed by atoms with van der Waals surface area (Å²) in [6, 6.07) is 15.7. The average molecular weight is 458 g/mol. The van der Waals surface area contributed by atoms with Crippen LogP contribution in [0.2, 0.25) is 0 Å². The van der Waals surface area contributed by atoms with Crippen LogP contribution in [0.4, 0.5) is 25.8 Å². The average Bonchev–Trinajstić information content (AvgIpc) is 3.31. The van der Waals surface area contributed by atoms with Crippen LogP contribution in [0, 0.1) is 11.6 Å². The van der Waals surface area contributed by atoms with Crippen molar-refractivity contribution in [3.05, 3.63) is 83.9 Å². The molecule has 0 atom stereocenters. The minimum absolute atomic E-state index is 0.184. The number of carbonyl (C=O) groups is 1. The zero-order chi connectivity index (χ0) is 22.7. The highest BCUT2D eigenvalue weighted by Gasteiger charge is 2.19. The number of nitrogens with zero attached hydrogens (tertiary/aromatic N) is 1. The molecule has 6 nitrogen and oxygen atoms in total. The largest absolute Gasteiger partial charge is 0.370 e. The molecule has 3 aromatic rings. The maximum atomic E-state index is 13.4. The molecule has 9 heteroatoms. The van der Waals surface area contributed by atoms with E-state index in [-0.39, 0.29) is 11.6 Å². The van der Waals surface area contributed by atoms with Gasteiger partial charge in [0.2, 0.25) is 0 Å². The van der Waals surface area contributed by atoms with E-state index < -0.39 is 26.6 Å². The summed E-state index contributed by atoms with van der Waals surface area (Å²) in [7, 11) is -4.11. The summed E-state index contributed by atoms with van der Waals surface area (Å²) in [6.07, 6.45) is 2.23. The van der Waals surface area contributed by atoms with Gasteiger partial charge in [-0.05, 0) is 67.4 Å². The smallest absolute Gasteiger partial charge is 0.261 e. The highest BCUT2D eigenvalue weighted by molar-refractivity contribution is 7.92. The van der Waals surface area contributed by atoms with Crippen LogP contribution >= 0.6 is 0 Å². The molecule has 0 spiro atoms. The summed E-state index contributed by atoms with van der Waals surface area (Å²) in [4.78, 5) is 14.5. The van der Waals surface area contributed by atoms with E-state index in [2.05, 4.69) is 14.9 Å². The van der Waals surface area contributed by atoms with Crippen LogP contribution in [0.5, 0.6) is 0 Å². The van der Waals surface area contributed by atoms with E-state index in [0.29, 0.717) is 17.3 Å². The highest BCUT2D eigenvalue weighted by atomic mass is 32.2. The summed E-state index contributed by atoms with van der Waals surface area (Å²) in [5, 5.41) is 2.91. The Bertz CT molecular complexity index is 1240. The van der Waals surface area contributed by atoms with Gasteiger partial charge in [-0.1, -0.05) is 12.1 Å². The third-order valence-electron chi connectivity index (χ3n) is 5.20. The van der Waals surface area contributed by atoms with E-state index in [0.717, 1.165) is 43.8 Å². The molecule has 4 rings (SSSR count). The normalized spacial score (nSPS) is 13.8. The van der Waals surface area contributed by atoms with Gasteiger partial charge in [0.1, 0.15) is 0 Å². The van der Waals surface area contributed by atoms with Crippen molar-refractivity contribution in [2.75, 3.05) is 28.0 Å². The van der Waals surface area contributed by atoms with Crippen LogP contribution in [0.15, 0.2) is 71.6 Å². The minimum atomic E-state index is -4.11. The number of para-hydroxylation sites is 2. The first-order valence-corrected chi connectivity index (χ1v) is 11.5. The standard InChI is InChI=1S/C23H21F2N3O3S/c24-19-12-11-18(15-20(19)25)32(30,31)27-17-9-7-16(8-10-17)23(29)26-21-5-1-2-6-22(21)28-13-3-4-14-28/h1-2,5-12,15,27H,3-4,13-14H2,(H,26,29). The molecule has 166 valence electrons. The van der Waals surface area contributed by atoms with E-state index in [4.69, 9.17) is 0 Å². The fourth-order valence-corrected chi connectivity index (χ4v) is 4.63. The molecule has 1 heterocycles. The molecule has 0 unspecified atom stereocenters. The van der Waals surface area contributed by atoms with Crippen LogP contribution in [0.3, 0.4) is 0 Å². The van der Waals surface area contributed by atoms with Crippen molar-refractivity contribution in [3.63, 3.8) is 0 Å². The number of halogens is 2. The van der Waals surface area contributed by atoms with Crippen molar-refractivity contribution in [2.24, 2.45) is 0 Å². The Morgan fingerprint density at radius 2 is 1.56 bits per heavy atom. The van der Waals surface area contributed by atoms with Crippen molar-refractivity contribution >= 4 is 33.0 Å². The lowest BCUT2D eigenvalue weighted by Crippen LogP contribution is -2.21. The van der Waals surface area contributed by atoms with Gasteiger partial charge >= 0.3 is 0 Å². The van der Waals surface area contributed by atoms with E-state index in [1.165, 1.54) is 24.3 Å². The summed E-state index contributed by atoms with van der Waals surface area (Å²) < 4.78 is 53.6. The molecule has 1 aliphatic rings. The first-order chi connectivity index (χ1) is 15.3. The summed E-state index contributed by atoms with van der Waals surface area (Å²) in [6.45, 7) is 1.89. The molecule has 0 aliphatic carbocycles. The van der Waals surface area contributed by atoms with Gasteiger partial charge in [-0.15, -0.1) is 0 Å². The molecule has 0 saturated carbocycles. The number of hydrogen-bond acceptors (Lipinski definition) is 4. The molecule has 0 radical (unpaired) electrons. The van der Waals surface area contributed by atoms with Crippen molar-refractivity contribution in [1.29, 1.82) is 0 Å². The van der Waals surface area contributed by atoms with Gasteiger partial charge in [-0.25, -0.2) is 17.2 Å². The molecular formula is C23H21F2N3O3S.